The van der Waals surface area contributed by atoms with Gasteiger partial charge in [0.15, 0.2) is 0 Å². The number of carbonyl (C=O) groups excluding carboxylic acids is 1. The van der Waals surface area contributed by atoms with E-state index >= 15 is 0 Å². The number of aryl methyl sites for hydroxylation is 2. The first-order valence-corrected chi connectivity index (χ1v) is 11.3. The van der Waals surface area contributed by atoms with Crippen molar-refractivity contribution < 1.29 is 22.7 Å². The van der Waals surface area contributed by atoms with Crippen molar-refractivity contribution >= 4 is 11.6 Å². The maximum absolute atomic E-state index is 13.5. The van der Waals surface area contributed by atoms with Crippen LogP contribution in [0.25, 0.3) is 0 Å². The summed E-state index contributed by atoms with van der Waals surface area (Å²) < 4.78 is 46.1. The highest BCUT2D eigenvalue weighted by molar-refractivity contribution is 5.96. The molecule has 2 fully saturated rings. The summed E-state index contributed by atoms with van der Waals surface area (Å²) in [5, 5.41) is 9.11. The molecule has 34 heavy (non-hydrogen) atoms. The van der Waals surface area contributed by atoms with Gasteiger partial charge in [-0.3, -0.25) is 4.79 Å². The van der Waals surface area contributed by atoms with Crippen molar-refractivity contribution in [2.75, 3.05) is 44.8 Å². The van der Waals surface area contributed by atoms with Crippen molar-refractivity contribution in [1.82, 2.24) is 4.90 Å². The van der Waals surface area contributed by atoms with Crippen LogP contribution in [-0.2, 0) is 10.9 Å². The number of benzene rings is 2. The molecule has 2 aliphatic rings. The van der Waals surface area contributed by atoms with Crippen LogP contribution in [0.2, 0.25) is 0 Å². The lowest BCUT2D eigenvalue weighted by Crippen LogP contribution is -2.53. The predicted octanol–water partition coefficient (Wildman–Crippen LogP) is 4.81. The molecule has 0 saturated carbocycles. The minimum Gasteiger partial charge on any atom is -0.384 e. The van der Waals surface area contributed by atoms with E-state index in [9.17, 15) is 18.0 Å². The summed E-state index contributed by atoms with van der Waals surface area (Å²) in [6.07, 6.45) is -3.86. The molecule has 4 rings (SSSR count). The van der Waals surface area contributed by atoms with Gasteiger partial charge in [-0.25, -0.2) is 0 Å². The molecule has 2 aliphatic heterocycles. The van der Waals surface area contributed by atoms with Crippen LogP contribution in [-0.4, -0.2) is 50.7 Å². The second kappa shape index (κ2) is 8.95. The molecule has 0 bridgehead atoms. The summed E-state index contributed by atoms with van der Waals surface area (Å²) in [4.78, 5) is 17.2. The molecule has 0 aromatic heterocycles. The summed E-state index contributed by atoms with van der Waals surface area (Å²) in [5.41, 5.74) is 1.37. The van der Waals surface area contributed by atoms with E-state index in [2.05, 4.69) is 0 Å². The van der Waals surface area contributed by atoms with Crippen molar-refractivity contribution in [3.05, 3.63) is 64.2 Å². The molecule has 0 spiro atoms. The summed E-state index contributed by atoms with van der Waals surface area (Å²) >= 11 is 0. The van der Waals surface area contributed by atoms with Crippen molar-refractivity contribution in [1.29, 1.82) is 5.26 Å². The van der Waals surface area contributed by atoms with Crippen LogP contribution in [0.4, 0.5) is 18.9 Å². The number of amides is 1. The van der Waals surface area contributed by atoms with Gasteiger partial charge in [0.2, 0.25) is 0 Å². The number of hydrogen-bond acceptors (Lipinski definition) is 4. The number of alkyl halides is 3. The van der Waals surface area contributed by atoms with Crippen LogP contribution in [0.15, 0.2) is 36.4 Å². The lowest BCUT2D eigenvalue weighted by Gasteiger charge is -2.43. The molecule has 2 atom stereocenters. The zero-order valence-electron chi connectivity index (χ0n) is 19.6. The number of nitrogens with zero attached hydrogens (tertiary/aromatic N) is 3. The van der Waals surface area contributed by atoms with E-state index in [1.54, 1.807) is 19.2 Å². The number of piperidine rings is 1. The smallest absolute Gasteiger partial charge is 0.384 e. The van der Waals surface area contributed by atoms with E-state index in [1.807, 2.05) is 41.8 Å². The first-order valence-electron chi connectivity index (χ1n) is 11.3. The number of anilines is 1. The van der Waals surface area contributed by atoms with Gasteiger partial charge in [0.05, 0.1) is 23.8 Å². The molecular weight excluding hydrogens is 443 g/mol. The predicted molar refractivity (Wildman–Crippen MR) is 123 cm³/mol. The first-order chi connectivity index (χ1) is 16.1. The number of fused-ring (bicyclic) bond motifs is 1. The largest absolute Gasteiger partial charge is 0.417 e. The SMILES string of the molecule is COC[C@@]12CN(C(=O)c3cc(C)ccc3C)CC[C@@H]1CN(c1ccc(C#N)c(C(F)(F)F)c1)C2. The van der Waals surface area contributed by atoms with Crippen LogP contribution >= 0.6 is 0 Å². The molecular formula is C26H28F3N3O2. The van der Waals surface area contributed by atoms with Crippen LogP contribution in [0.1, 0.15) is 39.0 Å². The summed E-state index contributed by atoms with van der Waals surface area (Å²) in [7, 11) is 1.61. The summed E-state index contributed by atoms with van der Waals surface area (Å²) in [6.45, 7) is 6.42. The van der Waals surface area contributed by atoms with Crippen molar-refractivity contribution in [2.24, 2.45) is 11.3 Å². The Morgan fingerprint density at radius 1 is 1.21 bits per heavy atom. The van der Waals surface area contributed by atoms with E-state index in [4.69, 9.17) is 10.00 Å². The Morgan fingerprint density at radius 2 is 1.97 bits per heavy atom. The zero-order chi connectivity index (χ0) is 24.7. The zero-order valence-corrected chi connectivity index (χ0v) is 19.6. The van der Waals surface area contributed by atoms with Gasteiger partial charge in [-0.2, -0.15) is 18.4 Å². The van der Waals surface area contributed by atoms with Crippen LogP contribution in [0.3, 0.4) is 0 Å². The fourth-order valence-corrected chi connectivity index (χ4v) is 5.45. The number of carbonyl (C=O) groups is 1. The number of halogens is 3. The molecule has 2 saturated heterocycles. The molecule has 0 aliphatic carbocycles. The van der Waals surface area contributed by atoms with Gasteiger partial charge < -0.3 is 14.5 Å². The quantitative estimate of drug-likeness (QED) is 0.642. The molecule has 1 amide bonds. The second-order valence-electron chi connectivity index (χ2n) is 9.55. The van der Waals surface area contributed by atoms with Crippen molar-refractivity contribution in [3.8, 4) is 6.07 Å². The highest BCUT2D eigenvalue weighted by Crippen LogP contribution is 2.45. The third-order valence-electron chi connectivity index (χ3n) is 7.20. The second-order valence-corrected chi connectivity index (χ2v) is 9.55. The molecule has 0 N–H and O–H groups in total. The van der Waals surface area contributed by atoms with E-state index < -0.39 is 11.7 Å². The Labute approximate surface area is 197 Å². The Bertz CT molecular complexity index is 1140. The average molecular weight is 472 g/mol. The lowest BCUT2D eigenvalue weighted by molar-refractivity contribution is -0.137. The first kappa shape index (κ1) is 24.1. The third-order valence-corrected chi connectivity index (χ3v) is 7.20. The van der Waals surface area contributed by atoms with Crippen LogP contribution in [0, 0.1) is 36.5 Å². The topological polar surface area (TPSA) is 56.6 Å². The van der Waals surface area contributed by atoms with Gasteiger partial charge in [-0.05, 0) is 56.0 Å². The number of methoxy groups -OCH3 is 1. The monoisotopic (exact) mass is 471 g/mol. The third kappa shape index (κ3) is 4.37. The van der Waals surface area contributed by atoms with Gasteiger partial charge in [0.1, 0.15) is 0 Å². The number of hydrogen-bond donors (Lipinski definition) is 0. The van der Waals surface area contributed by atoms with E-state index in [1.165, 1.54) is 6.07 Å². The minimum absolute atomic E-state index is 0.0219. The molecule has 0 unspecified atom stereocenters. The highest BCUT2D eigenvalue weighted by atomic mass is 19.4. The van der Waals surface area contributed by atoms with E-state index in [0.717, 1.165) is 23.6 Å². The molecule has 180 valence electrons. The van der Waals surface area contributed by atoms with Gasteiger partial charge in [-0.15, -0.1) is 0 Å². The normalized spacial score (nSPS) is 22.4. The standard InChI is InChI=1S/C26H28F3N3O2/c1-17-4-5-18(2)22(10-17)24(33)31-9-8-20-13-32(15-25(20,14-31)16-34-3)21-7-6-19(12-30)23(11-21)26(27,28)29/h4-7,10-11,20H,8-9,13-16H2,1-3H3/t20-,25+/m1/s1. The average Bonchev–Trinajstić information content (AvgIpc) is 3.18. The summed E-state index contributed by atoms with van der Waals surface area (Å²) in [6, 6.07) is 11.3. The van der Waals surface area contributed by atoms with Gasteiger partial charge in [0, 0.05) is 50.0 Å². The number of rotatable bonds is 4. The van der Waals surface area contributed by atoms with Crippen molar-refractivity contribution in [2.45, 2.75) is 26.4 Å². The number of likely N-dealkylation sites (tertiary alicyclic amines) is 1. The van der Waals surface area contributed by atoms with Gasteiger partial charge in [-0.1, -0.05) is 17.7 Å². The minimum atomic E-state index is -4.60. The molecule has 0 radical (unpaired) electrons. The Kier molecular flexibility index (Phi) is 6.34. The van der Waals surface area contributed by atoms with Gasteiger partial charge in [0.25, 0.3) is 5.91 Å². The molecule has 2 aromatic carbocycles. The summed E-state index contributed by atoms with van der Waals surface area (Å²) in [5.74, 6) is 0.159. The van der Waals surface area contributed by atoms with E-state index in [-0.39, 0.29) is 22.8 Å². The lowest BCUT2D eigenvalue weighted by atomic mass is 9.73. The van der Waals surface area contributed by atoms with Crippen LogP contribution < -0.4 is 4.90 Å². The fraction of sp³-hybridized carbons (Fsp3) is 0.462. The maximum atomic E-state index is 13.5. The Morgan fingerprint density at radius 3 is 2.65 bits per heavy atom. The van der Waals surface area contributed by atoms with E-state index in [0.29, 0.717) is 44.0 Å². The number of nitriles is 1. The Balaban J connectivity index is 1.62. The highest BCUT2D eigenvalue weighted by Gasteiger charge is 2.51. The molecule has 2 heterocycles. The molecule has 2 aromatic rings. The Hall–Kier alpha value is -3.05. The van der Waals surface area contributed by atoms with Crippen molar-refractivity contribution in [3.63, 3.8) is 0 Å². The number of ether oxygens (including phenoxy) is 1. The maximum Gasteiger partial charge on any atom is 0.417 e. The van der Waals surface area contributed by atoms with Gasteiger partial charge >= 0.3 is 6.18 Å². The fourth-order valence-electron chi connectivity index (χ4n) is 5.45. The molecule has 8 heteroatoms. The van der Waals surface area contributed by atoms with Crippen LogP contribution in [0.5, 0.6) is 0 Å². The molecule has 5 nitrogen and oxygen atoms in total.